The number of nitrogens with zero attached hydrogens (tertiary/aromatic N) is 2. The fourth-order valence-corrected chi connectivity index (χ4v) is 4.51. The average Bonchev–Trinajstić information content (AvgIpc) is 3.08. The van der Waals surface area contributed by atoms with E-state index in [1.807, 2.05) is 45.0 Å². The summed E-state index contributed by atoms with van der Waals surface area (Å²) in [5.41, 5.74) is 2.51. The Kier molecular flexibility index (Phi) is 7.34. The summed E-state index contributed by atoms with van der Waals surface area (Å²) in [5.74, 6) is -0.698. The first-order valence-electron chi connectivity index (χ1n) is 11.9. The smallest absolute Gasteiger partial charge is 0.295 e. The minimum Gasteiger partial charge on any atom is -0.507 e. The van der Waals surface area contributed by atoms with Crippen molar-refractivity contribution < 1.29 is 19.4 Å². The minimum absolute atomic E-state index is 0.0296. The number of aliphatic hydroxyl groups excluding tert-OH is 1. The molecule has 0 aliphatic carbocycles. The van der Waals surface area contributed by atoms with Crippen molar-refractivity contribution in [2.45, 2.75) is 32.9 Å². The van der Waals surface area contributed by atoms with Crippen molar-refractivity contribution in [3.63, 3.8) is 0 Å². The quantitative estimate of drug-likeness (QED) is 0.373. The lowest BCUT2D eigenvalue weighted by Gasteiger charge is -2.31. The van der Waals surface area contributed by atoms with Gasteiger partial charge in [0, 0.05) is 44.8 Å². The van der Waals surface area contributed by atoms with E-state index in [4.69, 9.17) is 4.74 Å². The molecule has 7 nitrogen and oxygen atoms in total. The lowest BCUT2D eigenvalue weighted by molar-refractivity contribution is -0.140. The van der Waals surface area contributed by atoms with Gasteiger partial charge >= 0.3 is 0 Å². The molecule has 2 saturated heterocycles. The molecule has 2 aliphatic heterocycles. The SMILES string of the molecule is Cc1ccc([C@H]2C(=C(O)c3ccc(OC(C)C)cc3)C(=O)C(=O)N2CCN2CCNCC2)cc1. The fourth-order valence-electron chi connectivity index (χ4n) is 4.51. The standard InChI is InChI=1S/C27H33N3O4/c1-18(2)34-22-10-8-21(9-11-22)25(31)23-24(20-6-4-19(3)5-7-20)30(27(33)26(23)32)17-16-29-14-12-28-13-15-29/h4-11,18,24,28,31H,12-17H2,1-3H3/t24-/m0/s1. The number of ketones is 1. The first-order chi connectivity index (χ1) is 16.3. The maximum atomic E-state index is 13.2. The minimum atomic E-state index is -0.647. The second kappa shape index (κ2) is 10.4. The number of likely N-dealkylation sites (tertiary alicyclic amines) is 1. The Labute approximate surface area is 201 Å². The number of ether oxygens (including phenoxy) is 1. The van der Waals surface area contributed by atoms with Gasteiger partial charge in [-0.15, -0.1) is 0 Å². The van der Waals surface area contributed by atoms with Gasteiger partial charge in [-0.05, 0) is 50.6 Å². The van der Waals surface area contributed by atoms with E-state index in [9.17, 15) is 14.7 Å². The van der Waals surface area contributed by atoms with Gasteiger partial charge in [-0.25, -0.2) is 0 Å². The van der Waals surface area contributed by atoms with Gasteiger partial charge in [-0.1, -0.05) is 29.8 Å². The second-order valence-electron chi connectivity index (χ2n) is 9.19. The predicted octanol–water partition coefficient (Wildman–Crippen LogP) is 3.11. The van der Waals surface area contributed by atoms with Crippen LogP contribution in [0, 0.1) is 6.92 Å². The summed E-state index contributed by atoms with van der Waals surface area (Å²) >= 11 is 0. The van der Waals surface area contributed by atoms with Gasteiger partial charge in [-0.3, -0.25) is 14.5 Å². The molecule has 4 rings (SSSR count). The van der Waals surface area contributed by atoms with Crippen molar-refractivity contribution >= 4 is 17.4 Å². The summed E-state index contributed by atoms with van der Waals surface area (Å²) in [6.07, 6.45) is 0.0296. The fraction of sp³-hybridized carbons (Fsp3) is 0.407. The largest absolute Gasteiger partial charge is 0.507 e. The van der Waals surface area contributed by atoms with Crippen molar-refractivity contribution in [2.75, 3.05) is 39.3 Å². The number of carbonyl (C=O) groups is 2. The zero-order valence-corrected chi connectivity index (χ0v) is 20.1. The summed E-state index contributed by atoms with van der Waals surface area (Å²) < 4.78 is 5.68. The lowest BCUT2D eigenvalue weighted by atomic mass is 9.94. The molecule has 2 aromatic carbocycles. The van der Waals surface area contributed by atoms with E-state index < -0.39 is 17.7 Å². The first kappa shape index (κ1) is 24.0. The molecule has 2 N–H and O–H groups in total. The lowest BCUT2D eigenvalue weighted by Crippen LogP contribution is -2.46. The number of piperazine rings is 1. The monoisotopic (exact) mass is 463 g/mol. The van der Waals surface area contributed by atoms with Gasteiger partial charge in [0.2, 0.25) is 0 Å². The van der Waals surface area contributed by atoms with Gasteiger partial charge in [0.05, 0.1) is 17.7 Å². The van der Waals surface area contributed by atoms with Crippen LogP contribution in [0.25, 0.3) is 5.76 Å². The second-order valence-corrected chi connectivity index (χ2v) is 9.19. The average molecular weight is 464 g/mol. The summed E-state index contributed by atoms with van der Waals surface area (Å²) in [6.45, 7) is 10.6. The number of rotatable bonds is 7. The van der Waals surface area contributed by atoms with Crippen LogP contribution in [0.15, 0.2) is 54.1 Å². The number of Topliss-reactive ketones (excluding diaryl/α,β-unsaturated/α-hetero) is 1. The van der Waals surface area contributed by atoms with Crippen molar-refractivity contribution in [3.05, 3.63) is 70.8 Å². The Hall–Kier alpha value is -3.16. The molecule has 1 atom stereocenters. The highest BCUT2D eigenvalue weighted by Crippen LogP contribution is 2.39. The molecule has 0 radical (unpaired) electrons. The van der Waals surface area contributed by atoms with E-state index in [0.717, 1.165) is 37.3 Å². The topological polar surface area (TPSA) is 82.1 Å². The van der Waals surface area contributed by atoms with Crippen LogP contribution < -0.4 is 10.1 Å². The van der Waals surface area contributed by atoms with Crippen LogP contribution in [0.3, 0.4) is 0 Å². The molecule has 0 aromatic heterocycles. The Bertz CT molecular complexity index is 1050. The van der Waals surface area contributed by atoms with E-state index in [0.29, 0.717) is 24.4 Å². The van der Waals surface area contributed by atoms with Gasteiger partial charge in [0.25, 0.3) is 11.7 Å². The van der Waals surface area contributed by atoms with Gasteiger partial charge in [-0.2, -0.15) is 0 Å². The highest BCUT2D eigenvalue weighted by Gasteiger charge is 2.46. The number of hydrogen-bond donors (Lipinski definition) is 2. The van der Waals surface area contributed by atoms with Crippen LogP contribution in [-0.4, -0.2) is 72.0 Å². The molecule has 2 aliphatic rings. The molecule has 0 bridgehead atoms. The van der Waals surface area contributed by atoms with Gasteiger partial charge in [0.1, 0.15) is 11.5 Å². The third kappa shape index (κ3) is 5.16. The normalized spacial score (nSPS) is 20.8. The number of aryl methyl sites for hydroxylation is 1. The van der Waals surface area contributed by atoms with Gasteiger partial charge < -0.3 is 20.1 Å². The molecule has 0 saturated carbocycles. The number of nitrogens with one attached hydrogen (secondary N) is 1. The Balaban J connectivity index is 1.69. The third-order valence-corrected chi connectivity index (χ3v) is 6.30. The molecule has 0 spiro atoms. The van der Waals surface area contributed by atoms with E-state index in [2.05, 4.69) is 10.2 Å². The Morgan fingerprint density at radius 2 is 1.68 bits per heavy atom. The summed E-state index contributed by atoms with van der Waals surface area (Å²) in [6, 6.07) is 14.1. The maximum absolute atomic E-state index is 13.2. The Morgan fingerprint density at radius 3 is 2.29 bits per heavy atom. The summed E-state index contributed by atoms with van der Waals surface area (Å²) in [5, 5.41) is 14.5. The molecule has 2 aromatic rings. The molecule has 2 heterocycles. The van der Waals surface area contributed by atoms with E-state index in [1.54, 1.807) is 29.2 Å². The number of carbonyl (C=O) groups excluding carboxylic acids is 2. The molecule has 2 fully saturated rings. The summed E-state index contributed by atoms with van der Waals surface area (Å²) in [4.78, 5) is 30.2. The Morgan fingerprint density at radius 1 is 1.03 bits per heavy atom. The van der Waals surface area contributed by atoms with Crippen LogP contribution >= 0.6 is 0 Å². The van der Waals surface area contributed by atoms with Crippen LogP contribution in [0.4, 0.5) is 0 Å². The van der Waals surface area contributed by atoms with Crippen molar-refractivity contribution in [2.24, 2.45) is 0 Å². The van der Waals surface area contributed by atoms with Crippen molar-refractivity contribution in [1.82, 2.24) is 15.1 Å². The van der Waals surface area contributed by atoms with Crippen LogP contribution in [0.5, 0.6) is 5.75 Å². The number of hydrogen-bond acceptors (Lipinski definition) is 6. The molecular formula is C27H33N3O4. The van der Waals surface area contributed by atoms with Crippen LogP contribution in [0.1, 0.15) is 36.6 Å². The van der Waals surface area contributed by atoms with Crippen molar-refractivity contribution in [1.29, 1.82) is 0 Å². The predicted molar refractivity (Wildman–Crippen MR) is 132 cm³/mol. The first-order valence-corrected chi connectivity index (χ1v) is 11.9. The van der Waals surface area contributed by atoms with E-state index in [-0.39, 0.29) is 17.4 Å². The van der Waals surface area contributed by atoms with Crippen molar-refractivity contribution in [3.8, 4) is 5.75 Å². The highest BCUT2D eigenvalue weighted by molar-refractivity contribution is 6.46. The molecule has 7 heteroatoms. The van der Waals surface area contributed by atoms with Crippen LogP contribution in [-0.2, 0) is 9.59 Å². The maximum Gasteiger partial charge on any atom is 0.295 e. The third-order valence-electron chi connectivity index (χ3n) is 6.30. The van der Waals surface area contributed by atoms with Crippen LogP contribution in [0.2, 0.25) is 0 Å². The molecule has 1 amide bonds. The highest BCUT2D eigenvalue weighted by atomic mass is 16.5. The molecule has 0 unspecified atom stereocenters. The number of amides is 1. The molecule has 34 heavy (non-hydrogen) atoms. The zero-order valence-electron chi connectivity index (χ0n) is 20.1. The number of benzene rings is 2. The zero-order chi connectivity index (χ0) is 24.2. The van der Waals surface area contributed by atoms with E-state index >= 15 is 0 Å². The van der Waals surface area contributed by atoms with E-state index in [1.165, 1.54) is 0 Å². The van der Waals surface area contributed by atoms with Gasteiger partial charge in [0.15, 0.2) is 0 Å². The summed E-state index contributed by atoms with van der Waals surface area (Å²) in [7, 11) is 0. The molecular weight excluding hydrogens is 430 g/mol. The number of aliphatic hydroxyl groups is 1. The molecule has 180 valence electrons.